The van der Waals surface area contributed by atoms with Gasteiger partial charge in [-0.25, -0.2) is 14.4 Å². The van der Waals surface area contributed by atoms with Crippen molar-refractivity contribution in [3.8, 4) is 0 Å². The maximum Gasteiger partial charge on any atom is 0.490 e. The summed E-state index contributed by atoms with van der Waals surface area (Å²) in [7, 11) is 0. The predicted molar refractivity (Wildman–Crippen MR) is 234 cm³/mol. The zero-order valence-electron chi connectivity index (χ0n) is 40.0. The van der Waals surface area contributed by atoms with E-state index in [2.05, 4.69) is 35.7 Å². The minimum atomic E-state index is -5.61. The molecule has 0 aromatic heterocycles. The van der Waals surface area contributed by atoms with Crippen molar-refractivity contribution < 1.29 is 94.0 Å². The van der Waals surface area contributed by atoms with Crippen LogP contribution in [-0.4, -0.2) is 162 Å². The maximum absolute atomic E-state index is 14.0. The number of hydrogen-bond acceptors (Lipinski definition) is 15. The van der Waals surface area contributed by atoms with E-state index in [0.29, 0.717) is 12.8 Å². The molecule has 0 saturated carbocycles. The second-order valence-electron chi connectivity index (χ2n) is 16.4. The van der Waals surface area contributed by atoms with Crippen LogP contribution in [0.25, 0.3) is 0 Å². The van der Waals surface area contributed by atoms with Crippen molar-refractivity contribution in [2.45, 2.75) is 154 Å². The third kappa shape index (κ3) is 23.8. The average molecular weight is 1040 g/mol. The number of aliphatic imine (C=N–C) groups is 1. The van der Waals surface area contributed by atoms with E-state index in [1.54, 1.807) is 33.0 Å². The number of hydrogen-bond donors (Lipinski definition) is 12. The molecular formula is C40H65F6N11O14. The monoisotopic (exact) mass is 1040 g/mol. The zero-order chi connectivity index (χ0) is 55.1. The number of guanidine groups is 1. The molecule has 10 atom stereocenters. The first-order chi connectivity index (χ1) is 32.7. The summed E-state index contributed by atoms with van der Waals surface area (Å²) in [6.45, 7) is 7.06. The van der Waals surface area contributed by atoms with E-state index < -0.39 is 151 Å². The molecule has 406 valence electrons. The molecule has 0 aromatic carbocycles. The number of esters is 2. The van der Waals surface area contributed by atoms with Crippen molar-refractivity contribution in [3.63, 3.8) is 0 Å². The summed E-state index contributed by atoms with van der Waals surface area (Å²) >= 11 is 0. The molecule has 0 unspecified atom stereocenters. The van der Waals surface area contributed by atoms with Gasteiger partial charge in [0.25, 0.3) is 0 Å². The number of carboxylic acid groups (broad SMARTS) is 1. The molecule has 0 aromatic rings. The van der Waals surface area contributed by atoms with Crippen LogP contribution in [0.3, 0.4) is 0 Å². The number of aliphatic hydroxyl groups is 1. The number of halogens is 6. The van der Waals surface area contributed by atoms with Gasteiger partial charge in [-0.2, -0.15) is 26.3 Å². The number of carbonyl (C=O) groups is 10. The van der Waals surface area contributed by atoms with Gasteiger partial charge in [-0.15, -0.1) is 0 Å². The number of aliphatic carboxylic acids is 1. The standard InChI is InChI=1S/C40H65F6N11O14/c1-8-10-12-21(54-32(63)25(47)28(59)17(3)4)30(61)53-22(13-11-14-50-38(48)49)31(62)56-26(18(5)9-2)34(65)57-27(20(7)71-37(69)40(44,45)46)33(64)51-15-24(58)52-19(6)29(60)55-23(35(66)67)16-70-36(68)39(41,42)43/h17-23,25-28,59H,8-16,47H2,1-7H3,(H,51,64)(H,52,58)(H,53,61)(H,54,63)(H,55,60)(H,56,62)(H,57,65)(H,66,67)(H4,48,49,50)/t18-,19-,20-,21-,22+,23-,25-,26-,27-,28+/m0/s1. The highest BCUT2D eigenvalue weighted by molar-refractivity contribution is 5.97. The predicted octanol–water partition coefficient (Wildman–Crippen LogP) is -2.65. The maximum atomic E-state index is 14.0. The van der Waals surface area contributed by atoms with Crippen LogP contribution in [0.2, 0.25) is 0 Å². The first kappa shape index (κ1) is 64.5. The Kier molecular flexibility index (Phi) is 27.5. The van der Waals surface area contributed by atoms with Crippen LogP contribution in [0.15, 0.2) is 4.99 Å². The molecule has 0 aliphatic rings. The second kappa shape index (κ2) is 30.3. The van der Waals surface area contributed by atoms with Crippen molar-refractivity contribution in [1.82, 2.24) is 37.2 Å². The summed E-state index contributed by atoms with van der Waals surface area (Å²) in [4.78, 5) is 131. The molecule has 0 saturated heterocycles. The fourth-order valence-electron chi connectivity index (χ4n) is 5.81. The molecule has 0 bridgehead atoms. The lowest BCUT2D eigenvalue weighted by Gasteiger charge is -2.30. The second-order valence-corrected chi connectivity index (χ2v) is 16.4. The van der Waals surface area contributed by atoms with Gasteiger partial charge in [0.05, 0.1) is 12.6 Å². The van der Waals surface area contributed by atoms with Gasteiger partial charge >= 0.3 is 30.3 Å². The summed E-state index contributed by atoms with van der Waals surface area (Å²) in [6.07, 6.45) is -13.6. The van der Waals surface area contributed by atoms with Crippen LogP contribution in [0.1, 0.15) is 87.0 Å². The Labute approximate surface area is 403 Å². The van der Waals surface area contributed by atoms with Crippen molar-refractivity contribution in [2.75, 3.05) is 19.7 Å². The average Bonchev–Trinajstić information content (AvgIpc) is 3.27. The topological polar surface area (TPSA) is 404 Å². The number of aliphatic hydroxyl groups excluding tert-OH is 1. The van der Waals surface area contributed by atoms with Gasteiger partial charge in [-0.05, 0) is 44.9 Å². The lowest BCUT2D eigenvalue weighted by molar-refractivity contribution is -0.205. The van der Waals surface area contributed by atoms with Crippen molar-refractivity contribution in [3.05, 3.63) is 0 Å². The van der Waals surface area contributed by atoms with Crippen molar-refractivity contribution in [2.24, 2.45) is 34.0 Å². The number of unbranched alkanes of at least 4 members (excludes halogenated alkanes) is 1. The summed E-state index contributed by atoms with van der Waals surface area (Å²) in [5, 5.41) is 34.7. The molecule has 71 heavy (non-hydrogen) atoms. The fourth-order valence-corrected chi connectivity index (χ4v) is 5.81. The number of alkyl halides is 6. The summed E-state index contributed by atoms with van der Waals surface area (Å²) < 4.78 is 85.4. The first-order valence-corrected chi connectivity index (χ1v) is 22.0. The van der Waals surface area contributed by atoms with Crippen LogP contribution in [0.5, 0.6) is 0 Å². The van der Waals surface area contributed by atoms with Gasteiger partial charge in [0.15, 0.2) is 12.0 Å². The van der Waals surface area contributed by atoms with Gasteiger partial charge in [-0.1, -0.05) is 53.9 Å². The highest BCUT2D eigenvalue weighted by Crippen LogP contribution is 2.19. The van der Waals surface area contributed by atoms with Crippen LogP contribution < -0.4 is 54.4 Å². The van der Waals surface area contributed by atoms with Crippen LogP contribution in [0.4, 0.5) is 26.3 Å². The Morgan fingerprint density at radius 1 is 0.648 bits per heavy atom. The summed E-state index contributed by atoms with van der Waals surface area (Å²) in [5.41, 5.74) is 16.7. The molecule has 0 radical (unpaired) electrons. The summed E-state index contributed by atoms with van der Waals surface area (Å²) in [6, 6.07) is -12.1. The number of nitrogens with two attached hydrogens (primary N) is 3. The minimum Gasteiger partial charge on any atom is -0.480 e. The highest BCUT2D eigenvalue weighted by Gasteiger charge is 2.45. The zero-order valence-corrected chi connectivity index (χ0v) is 40.0. The summed E-state index contributed by atoms with van der Waals surface area (Å²) in [5.74, 6) is -17.2. The number of nitrogens with one attached hydrogen (secondary N) is 7. The molecule has 15 N–H and O–H groups in total. The largest absolute Gasteiger partial charge is 0.490 e. The molecule has 0 rings (SSSR count). The number of nitrogens with zero attached hydrogens (tertiary/aromatic N) is 1. The SMILES string of the molecule is CCCC[C@H](NC(=O)[C@@H](N)[C@H](O)C(C)C)C(=O)N[C@H](CCCN=C(N)N)C(=O)N[C@H](C(=O)N[C@H](C(=O)NCC(=O)N[C@@H](C)C(=O)N[C@@H](COC(=O)C(F)(F)F)C(=O)O)[C@H](C)OC(=O)C(F)(F)F)[C@@H](C)CC. The van der Waals surface area contributed by atoms with E-state index in [-0.39, 0.29) is 38.2 Å². The van der Waals surface area contributed by atoms with E-state index in [1.165, 1.54) is 6.92 Å². The normalized spacial score (nSPS) is 15.8. The van der Waals surface area contributed by atoms with E-state index >= 15 is 0 Å². The van der Waals surface area contributed by atoms with Gasteiger partial charge < -0.3 is 74.1 Å². The van der Waals surface area contributed by atoms with Crippen molar-refractivity contribution in [1.29, 1.82) is 0 Å². The first-order valence-electron chi connectivity index (χ1n) is 22.0. The van der Waals surface area contributed by atoms with Gasteiger partial charge in [-0.3, -0.25) is 38.6 Å². The van der Waals surface area contributed by atoms with E-state index in [9.17, 15) is 84.5 Å². The van der Waals surface area contributed by atoms with Crippen molar-refractivity contribution >= 4 is 65.2 Å². The highest BCUT2D eigenvalue weighted by atomic mass is 19.4. The third-order valence-electron chi connectivity index (χ3n) is 10.2. The Bertz CT molecular complexity index is 1890. The molecule has 7 amide bonds. The molecule has 0 fully saturated rings. The van der Waals surface area contributed by atoms with E-state index in [4.69, 9.17) is 17.2 Å². The smallest absolute Gasteiger partial charge is 0.480 e. The lowest BCUT2D eigenvalue weighted by Crippen LogP contribution is -2.62. The number of carboxylic acids is 1. The minimum absolute atomic E-state index is 0.0423. The quantitative estimate of drug-likeness (QED) is 0.0115. The molecule has 0 heterocycles. The molecule has 0 aliphatic heterocycles. The van der Waals surface area contributed by atoms with Gasteiger partial charge in [0.2, 0.25) is 41.4 Å². The number of amides is 7. The molecule has 0 aliphatic carbocycles. The Hall–Kier alpha value is -6.53. The van der Waals surface area contributed by atoms with Crippen LogP contribution in [-0.2, 0) is 57.4 Å². The third-order valence-corrected chi connectivity index (χ3v) is 10.2. The fraction of sp³-hybridized carbons (Fsp3) is 0.725. The molecular weight excluding hydrogens is 972 g/mol. The van der Waals surface area contributed by atoms with Crippen LogP contribution in [0, 0.1) is 11.8 Å². The Morgan fingerprint density at radius 3 is 1.65 bits per heavy atom. The number of rotatable bonds is 30. The number of ether oxygens (including phenoxy) is 2. The molecule has 0 spiro atoms. The number of carbonyl (C=O) groups excluding carboxylic acids is 9. The molecule has 31 heteroatoms. The van der Waals surface area contributed by atoms with E-state index in [0.717, 1.165) is 13.8 Å². The van der Waals surface area contributed by atoms with E-state index in [1.807, 2.05) is 10.6 Å². The van der Waals surface area contributed by atoms with Gasteiger partial charge in [0.1, 0.15) is 49.0 Å². The Morgan fingerprint density at radius 2 is 1.15 bits per heavy atom. The lowest BCUT2D eigenvalue weighted by atomic mass is 9.96. The van der Waals surface area contributed by atoms with Gasteiger partial charge in [0, 0.05) is 6.54 Å². The van der Waals surface area contributed by atoms with Crippen LogP contribution >= 0.6 is 0 Å². The Balaban J connectivity index is 6.59. The molecule has 25 nitrogen and oxygen atoms in total.